The molecule has 66 heavy (non-hydrogen) atoms. The van der Waals surface area contributed by atoms with Gasteiger partial charge in [0.15, 0.2) is 11.5 Å². The summed E-state index contributed by atoms with van der Waals surface area (Å²) in [6.45, 7) is 1.84. The van der Waals surface area contributed by atoms with Crippen molar-refractivity contribution in [3.63, 3.8) is 0 Å². The Balaban J connectivity index is 0.000000162. The maximum absolute atomic E-state index is 14.1. The van der Waals surface area contributed by atoms with Crippen LogP contribution in [0.5, 0.6) is 11.6 Å². The van der Waals surface area contributed by atoms with Crippen molar-refractivity contribution in [3.8, 4) is 22.8 Å². The predicted octanol–water partition coefficient (Wildman–Crippen LogP) is 8.14. The number of ether oxygens (including phenoxy) is 2. The van der Waals surface area contributed by atoms with Gasteiger partial charge in [-0.15, -0.1) is 0 Å². The monoisotopic (exact) mass is 892 g/mol. The van der Waals surface area contributed by atoms with Gasteiger partial charge in [0.25, 0.3) is 11.5 Å². The molecule has 17 nitrogen and oxygen atoms in total. The zero-order valence-electron chi connectivity index (χ0n) is 36.1. The normalized spacial score (nSPS) is 15.7. The van der Waals surface area contributed by atoms with Gasteiger partial charge in [0.2, 0.25) is 11.8 Å². The summed E-state index contributed by atoms with van der Waals surface area (Å²) in [6, 6.07) is 19.2. The molecule has 1 amide bonds. The van der Waals surface area contributed by atoms with Gasteiger partial charge in [-0.05, 0) is 91.4 Å². The fourth-order valence-corrected chi connectivity index (χ4v) is 8.78. The first-order valence-corrected chi connectivity index (χ1v) is 21.2. The molecule has 2 atom stereocenters. The lowest BCUT2D eigenvalue weighted by Crippen LogP contribution is -2.30. The van der Waals surface area contributed by atoms with Gasteiger partial charge in [-0.3, -0.25) is 14.3 Å². The molecule has 0 saturated heterocycles. The smallest absolute Gasteiger partial charge is 0.272 e. The topological polar surface area (TPSA) is 216 Å². The van der Waals surface area contributed by atoms with Gasteiger partial charge in [-0.2, -0.15) is 20.2 Å². The summed E-state index contributed by atoms with van der Waals surface area (Å²) in [5, 5.41) is 21.6. The van der Waals surface area contributed by atoms with Crippen LogP contribution in [0.25, 0.3) is 44.0 Å². The molecule has 1 aliphatic carbocycles. The number of aromatic amines is 2. The lowest BCUT2D eigenvalue weighted by atomic mass is 9.83. The lowest BCUT2D eigenvalue weighted by molar-refractivity contribution is 0.0962. The number of benzene rings is 4. The number of oxazole rings is 1. The van der Waals surface area contributed by atoms with Crippen molar-refractivity contribution >= 4 is 56.1 Å². The van der Waals surface area contributed by atoms with E-state index in [4.69, 9.17) is 23.9 Å². The Morgan fingerprint density at radius 2 is 1.77 bits per heavy atom. The summed E-state index contributed by atoms with van der Waals surface area (Å²) >= 11 is 0. The minimum Gasteiger partial charge on any atom is -0.495 e. The van der Waals surface area contributed by atoms with E-state index in [1.807, 2.05) is 31.3 Å². The minimum absolute atomic E-state index is 0.101. The first-order chi connectivity index (χ1) is 32.0. The van der Waals surface area contributed by atoms with Crippen LogP contribution in [0.15, 0.2) is 94.5 Å². The van der Waals surface area contributed by atoms with Gasteiger partial charge in [-0.1, -0.05) is 18.2 Å². The van der Waals surface area contributed by atoms with Crippen LogP contribution < -0.4 is 31.0 Å². The molecule has 0 unspecified atom stereocenters. The van der Waals surface area contributed by atoms with Gasteiger partial charge < -0.3 is 34.8 Å². The number of hydrogen-bond acceptors (Lipinski definition) is 13. The highest BCUT2D eigenvalue weighted by molar-refractivity contribution is 6.00. The van der Waals surface area contributed by atoms with Crippen molar-refractivity contribution in [2.24, 2.45) is 7.05 Å². The van der Waals surface area contributed by atoms with Crippen molar-refractivity contribution < 1.29 is 27.5 Å². The summed E-state index contributed by atoms with van der Waals surface area (Å²) in [5.41, 5.74) is 6.46. The molecule has 11 rings (SSSR count). The van der Waals surface area contributed by atoms with Crippen molar-refractivity contribution in [2.45, 2.75) is 50.7 Å². The SMILES string of the molecule is CNC(=O)c1ccc(Nc2nc(OC3CCCC3)c3c(-c4ccc5nc(C)oc5c4)c[nH]c3n2)c(OC)c1.Cn1ncnc1[C@H]1c2n[nH]c(=O)c3cc(F)cc(c23)N[C@@H]1c1ccc(F)cc1. The van der Waals surface area contributed by atoms with Crippen LogP contribution in [0.1, 0.15) is 71.0 Å². The molecule has 0 bridgehead atoms. The number of aryl methyl sites for hydroxylation is 2. The first kappa shape index (κ1) is 41.8. The number of anilines is 3. The van der Waals surface area contributed by atoms with Crippen LogP contribution in [0.4, 0.5) is 26.1 Å². The number of nitrogens with zero attached hydrogens (tertiary/aromatic N) is 7. The average Bonchev–Trinajstić information content (AvgIpc) is 4.15. The Bertz CT molecular complexity index is 3360. The van der Waals surface area contributed by atoms with Gasteiger partial charge in [0.05, 0.1) is 41.2 Å². The number of aromatic nitrogens is 9. The highest BCUT2D eigenvalue weighted by atomic mass is 19.1. The minimum atomic E-state index is -0.535. The third-order valence-electron chi connectivity index (χ3n) is 11.9. The van der Waals surface area contributed by atoms with Gasteiger partial charge >= 0.3 is 0 Å². The standard InChI is InChI=1S/C28H28N6O4.C19H14F2N6O/c1-15-31-21-10-8-16(12-23(21)37-15)19-14-30-25-24(19)27(38-18-6-4-5-7-18)34-28(33-25)32-20-11-9-17(26(35)29-2)13-22(20)36-3;1-27-18(22-8-23-27)15-16(9-2-4-10(20)5-3-9)24-13-7-11(21)6-12-14(13)17(15)25-26-19(12)28/h8-14,18H,4-7H2,1-3H3,(H,29,35)(H2,30,32,33,34);2-8,15-16,24H,1H3,(H,26,28)/t;15-,16-/m.1/s1. The fraction of sp³-hybridized carbons (Fsp3) is 0.234. The molecule has 19 heteroatoms. The molecule has 1 saturated carbocycles. The van der Waals surface area contributed by atoms with E-state index in [-0.39, 0.29) is 23.2 Å². The van der Waals surface area contributed by atoms with Crippen LogP contribution in [0, 0.1) is 18.6 Å². The first-order valence-electron chi connectivity index (χ1n) is 21.2. The van der Waals surface area contributed by atoms with Gasteiger partial charge in [0, 0.05) is 49.4 Å². The largest absolute Gasteiger partial charge is 0.495 e. The van der Waals surface area contributed by atoms with Crippen LogP contribution in [0.2, 0.25) is 0 Å². The summed E-state index contributed by atoms with van der Waals surface area (Å²) < 4.78 is 47.0. The third-order valence-corrected chi connectivity index (χ3v) is 11.9. The molecular formula is C47H42F2N12O5. The zero-order valence-corrected chi connectivity index (χ0v) is 36.1. The third kappa shape index (κ3) is 7.77. The second-order valence-corrected chi connectivity index (χ2v) is 16.0. The molecule has 0 radical (unpaired) electrons. The van der Waals surface area contributed by atoms with E-state index in [2.05, 4.69) is 46.2 Å². The van der Waals surface area contributed by atoms with E-state index in [9.17, 15) is 18.4 Å². The van der Waals surface area contributed by atoms with Crippen molar-refractivity contribution in [1.82, 2.24) is 50.2 Å². The Morgan fingerprint density at radius 1 is 0.955 bits per heavy atom. The summed E-state index contributed by atoms with van der Waals surface area (Å²) in [6.07, 6.45) is 7.71. The highest BCUT2D eigenvalue weighted by Crippen LogP contribution is 2.46. The maximum Gasteiger partial charge on any atom is 0.272 e. The summed E-state index contributed by atoms with van der Waals surface area (Å²) in [7, 11) is 4.90. The van der Waals surface area contributed by atoms with E-state index >= 15 is 0 Å². The number of carbonyl (C=O) groups is 1. The molecule has 4 aromatic carbocycles. The molecule has 1 aliphatic heterocycles. The Kier molecular flexibility index (Phi) is 10.8. The van der Waals surface area contributed by atoms with E-state index in [1.165, 1.54) is 30.6 Å². The maximum atomic E-state index is 14.1. The Labute approximate surface area is 374 Å². The van der Waals surface area contributed by atoms with E-state index < -0.39 is 23.3 Å². The number of methoxy groups -OCH3 is 1. The number of rotatable bonds is 9. The van der Waals surface area contributed by atoms with Crippen molar-refractivity contribution in [3.05, 3.63) is 136 Å². The van der Waals surface area contributed by atoms with E-state index in [0.29, 0.717) is 63.0 Å². The number of nitrogens with one attached hydrogen (secondary N) is 5. The molecule has 9 aromatic rings. The summed E-state index contributed by atoms with van der Waals surface area (Å²) in [4.78, 5) is 45.9. The number of fused-ring (bicyclic) bond motifs is 2. The fourth-order valence-electron chi connectivity index (χ4n) is 8.78. The van der Waals surface area contributed by atoms with E-state index in [0.717, 1.165) is 58.9 Å². The Morgan fingerprint density at radius 3 is 2.53 bits per heavy atom. The molecule has 334 valence electrons. The highest BCUT2D eigenvalue weighted by Gasteiger charge is 2.38. The van der Waals surface area contributed by atoms with Gasteiger partial charge in [-0.25, -0.2) is 23.8 Å². The van der Waals surface area contributed by atoms with Crippen LogP contribution in [-0.2, 0) is 7.05 Å². The second kappa shape index (κ2) is 17.1. The molecule has 0 spiro atoms. The quantitative estimate of drug-likeness (QED) is 0.0926. The lowest BCUT2D eigenvalue weighted by Gasteiger charge is -2.33. The van der Waals surface area contributed by atoms with Crippen molar-refractivity contribution in [1.29, 1.82) is 0 Å². The molecular weight excluding hydrogens is 851 g/mol. The number of carbonyl (C=O) groups excluding carboxylic acids is 1. The van der Waals surface area contributed by atoms with Crippen LogP contribution in [-0.4, -0.2) is 71.1 Å². The molecule has 2 aliphatic rings. The summed E-state index contributed by atoms with van der Waals surface area (Å²) in [5.74, 6) is 1.07. The average molecular weight is 893 g/mol. The molecule has 6 heterocycles. The zero-order chi connectivity index (χ0) is 45.6. The second-order valence-electron chi connectivity index (χ2n) is 16.0. The molecule has 5 N–H and O–H groups in total. The number of amides is 1. The molecule has 5 aromatic heterocycles. The van der Waals surface area contributed by atoms with E-state index in [1.54, 1.807) is 56.2 Å². The number of hydrogen-bond donors (Lipinski definition) is 5. The number of halogens is 2. The Hall–Kier alpha value is -8.22. The predicted molar refractivity (Wildman–Crippen MR) is 242 cm³/mol. The van der Waals surface area contributed by atoms with Crippen LogP contribution in [0.3, 0.4) is 0 Å². The van der Waals surface area contributed by atoms with Crippen LogP contribution >= 0.6 is 0 Å². The number of H-pyrrole nitrogens is 2. The molecule has 1 fully saturated rings. The van der Waals surface area contributed by atoms with Crippen molar-refractivity contribution in [2.75, 3.05) is 24.8 Å². The van der Waals surface area contributed by atoms with Gasteiger partial charge in [0.1, 0.15) is 46.8 Å².